The number of aromatic nitrogens is 2. The molecule has 2 aromatic carbocycles. The molecule has 2 atom stereocenters. The second-order valence-electron chi connectivity index (χ2n) is 9.17. The summed E-state index contributed by atoms with van der Waals surface area (Å²) in [5, 5.41) is 23.8. The number of nitriles is 1. The van der Waals surface area contributed by atoms with Crippen molar-refractivity contribution in [3.63, 3.8) is 0 Å². The number of allylic oxidation sites excluding steroid dienone is 1. The van der Waals surface area contributed by atoms with E-state index in [1.807, 2.05) is 0 Å². The van der Waals surface area contributed by atoms with Gasteiger partial charge in [0.15, 0.2) is 0 Å². The number of carbonyl (C=O) groups is 3. The first kappa shape index (κ1) is 24.6. The number of amides is 2. The summed E-state index contributed by atoms with van der Waals surface area (Å²) in [5.74, 6) is -1.15. The summed E-state index contributed by atoms with van der Waals surface area (Å²) in [6.45, 7) is 0.454. The molecule has 1 aromatic heterocycles. The highest BCUT2D eigenvalue weighted by atomic mass is 16.5. The quantitative estimate of drug-likeness (QED) is 0.409. The molecule has 38 heavy (non-hydrogen) atoms. The maximum atomic E-state index is 13.4. The molecule has 0 radical (unpaired) electrons. The number of carbonyl (C=O) groups excluding carboxylic acids is 2. The van der Waals surface area contributed by atoms with Crippen molar-refractivity contribution in [1.29, 1.82) is 5.26 Å². The third-order valence-corrected chi connectivity index (χ3v) is 6.86. The van der Waals surface area contributed by atoms with Gasteiger partial charge in [-0.3, -0.25) is 14.9 Å². The molecule has 2 amide bonds. The van der Waals surface area contributed by atoms with Gasteiger partial charge in [0.05, 0.1) is 18.2 Å². The molecule has 190 valence electrons. The van der Waals surface area contributed by atoms with Crippen molar-refractivity contribution in [1.82, 2.24) is 9.97 Å². The van der Waals surface area contributed by atoms with Crippen LogP contribution in [0.2, 0.25) is 0 Å². The van der Waals surface area contributed by atoms with Gasteiger partial charge in [-0.15, -0.1) is 0 Å². The van der Waals surface area contributed by atoms with Crippen molar-refractivity contribution >= 4 is 29.4 Å². The molecule has 1 aliphatic heterocycles. The Labute approximate surface area is 218 Å². The molecule has 2 aliphatic rings. The third-order valence-electron chi connectivity index (χ3n) is 6.86. The van der Waals surface area contributed by atoms with Crippen LogP contribution in [0.15, 0.2) is 67.0 Å². The lowest BCUT2D eigenvalue weighted by molar-refractivity contribution is -0.131. The van der Waals surface area contributed by atoms with Crippen LogP contribution in [0.4, 0.5) is 11.6 Å². The average molecular weight is 510 g/mol. The van der Waals surface area contributed by atoms with Crippen molar-refractivity contribution in [3.8, 4) is 11.8 Å². The Morgan fingerprint density at radius 1 is 1.16 bits per heavy atom. The monoisotopic (exact) mass is 509 g/mol. The van der Waals surface area contributed by atoms with Crippen molar-refractivity contribution in [2.24, 2.45) is 5.92 Å². The molecule has 1 saturated carbocycles. The van der Waals surface area contributed by atoms with Gasteiger partial charge in [-0.1, -0.05) is 12.1 Å². The summed E-state index contributed by atoms with van der Waals surface area (Å²) in [7, 11) is 0. The first-order valence-corrected chi connectivity index (χ1v) is 12.0. The Morgan fingerprint density at radius 3 is 2.74 bits per heavy atom. The van der Waals surface area contributed by atoms with E-state index in [0.29, 0.717) is 47.6 Å². The smallest absolute Gasteiger partial charge is 0.327 e. The molecular weight excluding hydrogens is 486 g/mol. The van der Waals surface area contributed by atoms with E-state index in [1.54, 1.807) is 42.5 Å². The van der Waals surface area contributed by atoms with Gasteiger partial charge in [-0.2, -0.15) is 5.26 Å². The van der Waals surface area contributed by atoms with Crippen LogP contribution < -0.4 is 15.4 Å². The molecule has 10 heteroatoms. The maximum Gasteiger partial charge on any atom is 0.327 e. The fraction of sp³-hybridized carbons (Fsp3) is 0.214. The van der Waals surface area contributed by atoms with Crippen LogP contribution in [0.1, 0.15) is 39.9 Å². The highest BCUT2D eigenvalue weighted by Gasteiger charge is 2.61. The minimum Gasteiger partial charge on any atom is -0.493 e. The number of carboxylic acid groups (broad SMARTS) is 1. The summed E-state index contributed by atoms with van der Waals surface area (Å²) in [4.78, 5) is 45.1. The molecule has 1 aliphatic carbocycles. The van der Waals surface area contributed by atoms with E-state index in [2.05, 4.69) is 26.7 Å². The van der Waals surface area contributed by atoms with Crippen LogP contribution in [0, 0.1) is 17.2 Å². The van der Waals surface area contributed by atoms with Crippen LogP contribution >= 0.6 is 0 Å². The van der Waals surface area contributed by atoms with Crippen LogP contribution in [-0.4, -0.2) is 39.5 Å². The standard InChI is InChI=1S/C28H23N5O5/c29-16-17-5-6-18(3-1-4-24(34)35)22(13-17)32-26(37)21-15-28(21)9-12-38-23-8-7-19(14-20(23)28)25(36)33-27-30-10-2-11-31-27/h1-2,4-8,10-11,13-14,21H,3,9,12,15H2,(H,32,37)(H,34,35)(H,30,31,33,36)/t21-,28-/m0/s1. The van der Waals surface area contributed by atoms with Crippen LogP contribution in [0.3, 0.4) is 0 Å². The van der Waals surface area contributed by atoms with E-state index in [1.165, 1.54) is 18.5 Å². The van der Waals surface area contributed by atoms with E-state index in [4.69, 9.17) is 9.84 Å². The summed E-state index contributed by atoms with van der Waals surface area (Å²) >= 11 is 0. The van der Waals surface area contributed by atoms with Gasteiger partial charge in [-0.05, 0) is 61.2 Å². The zero-order chi connectivity index (χ0) is 26.7. The number of anilines is 2. The predicted molar refractivity (Wildman–Crippen MR) is 137 cm³/mol. The molecule has 5 rings (SSSR count). The number of nitrogens with zero attached hydrogens (tertiary/aromatic N) is 3. The Morgan fingerprint density at radius 2 is 1.97 bits per heavy atom. The second-order valence-corrected chi connectivity index (χ2v) is 9.17. The Balaban J connectivity index is 1.37. The largest absolute Gasteiger partial charge is 0.493 e. The van der Waals surface area contributed by atoms with E-state index < -0.39 is 11.4 Å². The summed E-state index contributed by atoms with van der Waals surface area (Å²) in [6.07, 6.45) is 7.09. The molecule has 0 unspecified atom stereocenters. The molecule has 1 spiro atoms. The number of hydrogen-bond donors (Lipinski definition) is 3. The number of hydrogen-bond acceptors (Lipinski definition) is 7. The Hall–Kier alpha value is -5.04. The van der Waals surface area contributed by atoms with Gasteiger partial charge in [0.2, 0.25) is 11.9 Å². The van der Waals surface area contributed by atoms with E-state index >= 15 is 0 Å². The number of carboxylic acids is 1. The molecule has 3 N–H and O–H groups in total. The van der Waals surface area contributed by atoms with Crippen molar-refractivity contribution in [2.75, 3.05) is 17.2 Å². The molecule has 3 aromatic rings. The van der Waals surface area contributed by atoms with Gasteiger partial charge in [0.1, 0.15) is 5.75 Å². The average Bonchev–Trinajstić information content (AvgIpc) is 3.64. The second kappa shape index (κ2) is 10.1. The van der Waals surface area contributed by atoms with Gasteiger partial charge >= 0.3 is 5.97 Å². The first-order valence-electron chi connectivity index (χ1n) is 12.0. The lowest BCUT2D eigenvalue weighted by atomic mass is 9.86. The number of aliphatic carboxylic acids is 1. The highest BCUT2D eigenvalue weighted by Crippen LogP contribution is 2.61. The van der Waals surface area contributed by atoms with Gasteiger partial charge in [0, 0.05) is 46.6 Å². The van der Waals surface area contributed by atoms with Gasteiger partial charge in [0.25, 0.3) is 5.91 Å². The minimum atomic E-state index is -1.06. The summed E-state index contributed by atoms with van der Waals surface area (Å²) < 4.78 is 5.83. The number of ether oxygens (including phenoxy) is 1. The first-order chi connectivity index (χ1) is 18.4. The van der Waals surface area contributed by atoms with E-state index in [-0.39, 0.29) is 30.1 Å². The lowest BCUT2D eigenvalue weighted by Crippen LogP contribution is -2.27. The molecule has 10 nitrogen and oxygen atoms in total. The molecule has 0 bridgehead atoms. The fourth-order valence-corrected chi connectivity index (χ4v) is 4.87. The third kappa shape index (κ3) is 4.95. The SMILES string of the molecule is N#Cc1ccc(CC=CC(=O)O)c(NC(=O)[C@@H]2C[C@]23CCOc2ccc(C(=O)Nc4ncccn4)cc23)c1. The zero-order valence-corrected chi connectivity index (χ0v) is 20.2. The zero-order valence-electron chi connectivity index (χ0n) is 20.2. The molecule has 1 fully saturated rings. The lowest BCUT2D eigenvalue weighted by Gasteiger charge is -2.27. The maximum absolute atomic E-state index is 13.4. The normalized spacial score (nSPS) is 19.2. The number of nitrogens with one attached hydrogen (secondary N) is 2. The van der Waals surface area contributed by atoms with E-state index in [9.17, 15) is 19.6 Å². The van der Waals surface area contributed by atoms with Gasteiger partial charge in [-0.25, -0.2) is 14.8 Å². The van der Waals surface area contributed by atoms with Crippen LogP contribution in [-0.2, 0) is 21.4 Å². The number of rotatable bonds is 7. The van der Waals surface area contributed by atoms with Gasteiger partial charge < -0.3 is 15.2 Å². The number of benzene rings is 2. The van der Waals surface area contributed by atoms with Crippen molar-refractivity contribution in [2.45, 2.75) is 24.7 Å². The minimum absolute atomic E-state index is 0.193. The molecular formula is C28H23N5O5. The molecule has 2 heterocycles. The summed E-state index contributed by atoms with van der Waals surface area (Å²) in [5.41, 5.74) is 2.29. The van der Waals surface area contributed by atoms with E-state index in [0.717, 1.165) is 11.6 Å². The van der Waals surface area contributed by atoms with Crippen LogP contribution in [0.5, 0.6) is 5.75 Å². The predicted octanol–water partition coefficient (Wildman–Crippen LogP) is 3.46. The molecule has 0 saturated heterocycles. The van der Waals surface area contributed by atoms with Crippen molar-refractivity contribution < 1.29 is 24.2 Å². The summed E-state index contributed by atoms with van der Waals surface area (Å²) in [6, 6.07) is 13.8. The fourth-order valence-electron chi connectivity index (χ4n) is 4.87. The Bertz CT molecular complexity index is 1500. The Kier molecular flexibility index (Phi) is 6.58. The topological polar surface area (TPSA) is 154 Å². The highest BCUT2D eigenvalue weighted by molar-refractivity contribution is 6.04. The number of fused-ring (bicyclic) bond motifs is 2. The van der Waals surface area contributed by atoms with Crippen LogP contribution in [0.25, 0.3) is 0 Å². The van der Waals surface area contributed by atoms with Crippen molar-refractivity contribution in [3.05, 3.63) is 89.3 Å².